The standard InChI is InChI=1S/3C28H36Cl2N2O/c3*1-3-5-7-9-17-32(18-10-8-6-4-2)27(33)20-25-24-19-23(30)15-16-26(24)31-28(25)21-11-13-22(29)14-12-21/h3*11-16,19,31H,3-10,17-18,20H2,1-2H3. The summed E-state index contributed by atoms with van der Waals surface area (Å²) in [5.74, 6) is 0.581. The van der Waals surface area contributed by atoms with Crippen LogP contribution in [0, 0.1) is 0 Å². The van der Waals surface area contributed by atoms with Gasteiger partial charge in [-0.3, -0.25) is 14.4 Å². The molecule has 9 aromatic rings. The monoisotopic (exact) mass is 1460 g/mol. The minimum atomic E-state index is 0.194. The molecule has 0 fully saturated rings. The molecule has 6 aromatic carbocycles. The van der Waals surface area contributed by atoms with Crippen molar-refractivity contribution < 1.29 is 14.4 Å². The highest BCUT2D eigenvalue weighted by molar-refractivity contribution is 6.33. The number of hydrogen-bond acceptors (Lipinski definition) is 3. The lowest BCUT2D eigenvalue weighted by Gasteiger charge is -2.23. The van der Waals surface area contributed by atoms with Crippen LogP contribution in [-0.4, -0.2) is 86.6 Å². The van der Waals surface area contributed by atoms with Gasteiger partial charge in [0.1, 0.15) is 0 Å². The van der Waals surface area contributed by atoms with E-state index >= 15 is 0 Å². The summed E-state index contributed by atoms with van der Waals surface area (Å²) in [6, 6.07) is 40.8. The summed E-state index contributed by atoms with van der Waals surface area (Å²) in [6.07, 6.45) is 29.1. The van der Waals surface area contributed by atoms with E-state index in [1.807, 2.05) is 127 Å². The first kappa shape index (κ1) is 80.4. The maximum Gasteiger partial charge on any atom is 0.227 e. The molecule has 0 bridgehead atoms. The van der Waals surface area contributed by atoms with E-state index in [2.05, 4.69) is 71.2 Å². The van der Waals surface area contributed by atoms with Gasteiger partial charge in [-0.2, -0.15) is 0 Å². The number of amides is 3. The molecule has 534 valence electrons. The van der Waals surface area contributed by atoms with Crippen molar-refractivity contribution in [3.05, 3.63) is 174 Å². The van der Waals surface area contributed by atoms with Crippen LogP contribution in [0.5, 0.6) is 0 Å². The summed E-state index contributed by atoms with van der Waals surface area (Å²) in [5.41, 5.74) is 12.0. The Hall–Kier alpha value is -5.91. The number of aromatic nitrogens is 3. The minimum absolute atomic E-state index is 0.194. The van der Waals surface area contributed by atoms with E-state index in [1.165, 1.54) is 116 Å². The molecule has 3 amide bonds. The zero-order valence-corrected chi connectivity index (χ0v) is 64.3. The van der Waals surface area contributed by atoms with E-state index in [-0.39, 0.29) is 17.7 Å². The number of nitrogens with one attached hydrogen (secondary N) is 3. The van der Waals surface area contributed by atoms with Crippen LogP contribution >= 0.6 is 69.6 Å². The maximum atomic E-state index is 13.6. The van der Waals surface area contributed by atoms with Crippen LogP contribution in [-0.2, 0) is 33.6 Å². The Morgan fingerprint density at radius 1 is 0.273 bits per heavy atom. The van der Waals surface area contributed by atoms with E-state index < -0.39 is 0 Å². The number of carbonyl (C=O) groups is 3. The van der Waals surface area contributed by atoms with Crippen LogP contribution in [0.1, 0.15) is 212 Å². The van der Waals surface area contributed by atoms with Gasteiger partial charge in [-0.15, -0.1) is 0 Å². The molecule has 15 heteroatoms. The van der Waals surface area contributed by atoms with Gasteiger partial charge >= 0.3 is 0 Å². The molecule has 0 aliphatic rings. The molecule has 99 heavy (non-hydrogen) atoms. The fourth-order valence-corrected chi connectivity index (χ4v) is 13.9. The van der Waals surface area contributed by atoms with Crippen LogP contribution in [0.25, 0.3) is 66.5 Å². The fourth-order valence-electron chi connectivity index (χ4n) is 13.0. The van der Waals surface area contributed by atoms with Crippen LogP contribution < -0.4 is 0 Å². The van der Waals surface area contributed by atoms with Gasteiger partial charge in [-0.1, -0.05) is 263 Å². The van der Waals surface area contributed by atoms with Gasteiger partial charge in [0.15, 0.2) is 0 Å². The number of nitrogens with zero attached hydrogens (tertiary/aromatic N) is 3. The molecular formula is C84H108Cl6N6O3. The Balaban J connectivity index is 0.000000209. The van der Waals surface area contributed by atoms with Crippen molar-refractivity contribution in [3.8, 4) is 33.8 Å². The number of hydrogen-bond donors (Lipinski definition) is 3. The molecule has 0 unspecified atom stereocenters. The number of halogens is 6. The summed E-state index contributed by atoms with van der Waals surface area (Å²) in [5, 5.41) is 7.15. The molecule has 3 aromatic heterocycles. The SMILES string of the molecule is CCCCCCN(CCCCCC)C(=O)Cc1c(-c2ccc(Cl)cc2)[nH]c2ccc(Cl)cc12.CCCCCCN(CCCCCC)C(=O)Cc1c(-c2ccc(Cl)cc2)[nH]c2ccc(Cl)cc12.CCCCCCN(CCCCCC)C(=O)Cc1c(-c2ccc(Cl)cc2)[nH]c2ccc(Cl)cc12. The Bertz CT molecular complexity index is 3440. The quantitative estimate of drug-likeness (QED) is 0.0334. The Morgan fingerprint density at radius 3 is 0.677 bits per heavy atom. The van der Waals surface area contributed by atoms with Gasteiger partial charge in [0.25, 0.3) is 0 Å². The molecule has 0 radical (unpaired) electrons. The van der Waals surface area contributed by atoms with E-state index in [9.17, 15) is 14.4 Å². The Morgan fingerprint density at radius 2 is 0.475 bits per heavy atom. The zero-order chi connectivity index (χ0) is 70.9. The largest absolute Gasteiger partial charge is 0.354 e. The lowest BCUT2D eigenvalue weighted by atomic mass is 10.0. The van der Waals surface area contributed by atoms with Gasteiger partial charge in [-0.25, -0.2) is 0 Å². The maximum absolute atomic E-state index is 13.6. The van der Waals surface area contributed by atoms with Crippen LogP contribution in [0.15, 0.2) is 127 Å². The van der Waals surface area contributed by atoms with Crippen molar-refractivity contribution in [1.29, 1.82) is 0 Å². The molecule has 0 aliphatic heterocycles. The molecule has 9 rings (SSSR count). The van der Waals surface area contributed by atoms with Gasteiger partial charge in [0.2, 0.25) is 17.7 Å². The molecule has 0 saturated carbocycles. The van der Waals surface area contributed by atoms with Crippen molar-refractivity contribution >= 4 is 120 Å². The molecule has 0 atom stereocenters. The van der Waals surface area contributed by atoms with Gasteiger partial charge < -0.3 is 29.7 Å². The fraction of sp³-hybridized carbons (Fsp3) is 0.464. The van der Waals surface area contributed by atoms with Crippen molar-refractivity contribution in [3.63, 3.8) is 0 Å². The predicted molar refractivity (Wildman–Crippen MR) is 427 cm³/mol. The van der Waals surface area contributed by atoms with Crippen LogP contribution in [0.3, 0.4) is 0 Å². The number of H-pyrrole nitrogens is 3. The van der Waals surface area contributed by atoms with Gasteiger partial charge in [0.05, 0.1) is 36.3 Å². The van der Waals surface area contributed by atoms with Crippen LogP contribution in [0.4, 0.5) is 0 Å². The highest BCUT2D eigenvalue weighted by Gasteiger charge is 2.24. The molecule has 0 aliphatic carbocycles. The first-order valence-electron chi connectivity index (χ1n) is 37.1. The van der Waals surface area contributed by atoms with Crippen molar-refractivity contribution in [2.75, 3.05) is 39.3 Å². The second-order valence-corrected chi connectivity index (χ2v) is 29.2. The van der Waals surface area contributed by atoms with E-state index in [0.717, 1.165) is 161 Å². The number of unbranched alkanes of at least 4 members (excludes halogenated alkanes) is 18. The zero-order valence-electron chi connectivity index (χ0n) is 59.8. The van der Waals surface area contributed by atoms with Gasteiger partial charge in [0, 0.05) is 102 Å². The molecule has 3 heterocycles. The smallest absolute Gasteiger partial charge is 0.227 e. The van der Waals surface area contributed by atoms with Gasteiger partial charge in [-0.05, 0) is 163 Å². The van der Waals surface area contributed by atoms with E-state index in [1.54, 1.807) is 0 Å². The second-order valence-electron chi connectivity index (χ2n) is 26.6. The number of fused-ring (bicyclic) bond motifs is 3. The average Bonchev–Trinajstić information content (AvgIpc) is 1.65. The number of carbonyl (C=O) groups excluding carboxylic acids is 3. The summed E-state index contributed by atoms with van der Waals surface area (Å²) in [7, 11) is 0. The van der Waals surface area contributed by atoms with E-state index in [0.29, 0.717) is 49.4 Å². The molecule has 0 spiro atoms. The number of aromatic amines is 3. The highest BCUT2D eigenvalue weighted by atomic mass is 35.5. The predicted octanol–water partition coefficient (Wildman–Crippen LogP) is 26.0. The summed E-state index contributed by atoms with van der Waals surface area (Å²) < 4.78 is 0. The minimum Gasteiger partial charge on any atom is -0.354 e. The highest BCUT2D eigenvalue weighted by Crippen LogP contribution is 2.37. The summed E-state index contributed by atoms with van der Waals surface area (Å²) in [4.78, 5) is 57.5. The lowest BCUT2D eigenvalue weighted by molar-refractivity contribution is -0.131. The first-order chi connectivity index (χ1) is 48.1. The number of rotatable bonds is 39. The topological polar surface area (TPSA) is 108 Å². The van der Waals surface area contributed by atoms with Crippen molar-refractivity contribution in [2.24, 2.45) is 0 Å². The molecule has 9 nitrogen and oxygen atoms in total. The van der Waals surface area contributed by atoms with E-state index in [4.69, 9.17) is 69.6 Å². The molecular weight excluding hydrogens is 1350 g/mol. The normalized spacial score (nSPS) is 11.3. The third kappa shape index (κ3) is 25.5. The van der Waals surface area contributed by atoms with Crippen molar-refractivity contribution in [2.45, 2.75) is 215 Å². The average molecular weight is 1460 g/mol. The summed E-state index contributed by atoms with van der Waals surface area (Å²) >= 11 is 37.4. The third-order valence-electron chi connectivity index (χ3n) is 18.7. The Kier molecular flexibility index (Phi) is 35.6. The van der Waals surface area contributed by atoms with Crippen molar-refractivity contribution in [1.82, 2.24) is 29.7 Å². The first-order valence-corrected chi connectivity index (χ1v) is 39.4. The molecule has 0 saturated heterocycles. The Labute approximate surface area is 621 Å². The second kappa shape index (κ2) is 43.8. The lowest BCUT2D eigenvalue weighted by Crippen LogP contribution is -2.34. The third-order valence-corrected chi connectivity index (χ3v) is 20.2. The summed E-state index contributed by atoms with van der Waals surface area (Å²) in [6.45, 7) is 18.3. The van der Waals surface area contributed by atoms with Crippen LogP contribution in [0.2, 0.25) is 30.1 Å². The number of benzene rings is 6. The molecule has 3 N–H and O–H groups in total.